The minimum Gasteiger partial charge on any atom is -0.464 e. The summed E-state index contributed by atoms with van der Waals surface area (Å²) in [6, 6.07) is 0. The van der Waals surface area contributed by atoms with Crippen molar-refractivity contribution in [1.29, 1.82) is 0 Å². The molecule has 0 atom stereocenters. The first-order valence-electron chi connectivity index (χ1n) is 5.32. The van der Waals surface area contributed by atoms with Gasteiger partial charge in [0.15, 0.2) is 0 Å². The molecule has 108 valence electrons. The Kier molecular flexibility index (Phi) is 5.55. The van der Waals surface area contributed by atoms with Gasteiger partial charge in [-0.25, -0.2) is 9.67 Å². The number of nitrogens with two attached hydrogens (primary N) is 1. The van der Waals surface area contributed by atoms with Crippen LogP contribution in [0.25, 0.3) is 0 Å². The second-order valence-electron chi connectivity index (χ2n) is 3.54. The summed E-state index contributed by atoms with van der Waals surface area (Å²) in [5, 5.41) is 3.67. The standard InChI is InChI=1S/C9H13F3N4O3/c10-9(11,12)5-18-2-1-3-19-7(17)4-16-6-14-8(13)15-16/h6H,1-5H2,(H2,13,15). The minimum atomic E-state index is -4.34. The topological polar surface area (TPSA) is 92.3 Å². The summed E-state index contributed by atoms with van der Waals surface area (Å²) >= 11 is 0. The molecule has 0 aliphatic heterocycles. The van der Waals surface area contributed by atoms with Crippen molar-refractivity contribution in [3.8, 4) is 0 Å². The third kappa shape index (κ3) is 7.24. The summed E-state index contributed by atoms with van der Waals surface area (Å²) in [4.78, 5) is 14.8. The lowest BCUT2D eigenvalue weighted by Gasteiger charge is -2.08. The van der Waals surface area contributed by atoms with Gasteiger partial charge >= 0.3 is 12.1 Å². The molecule has 0 spiro atoms. The van der Waals surface area contributed by atoms with Crippen LogP contribution < -0.4 is 5.73 Å². The molecule has 2 N–H and O–H groups in total. The van der Waals surface area contributed by atoms with Crippen LogP contribution >= 0.6 is 0 Å². The molecule has 0 fully saturated rings. The quantitative estimate of drug-likeness (QED) is 0.574. The van der Waals surface area contributed by atoms with Crippen LogP contribution in [0.3, 0.4) is 0 Å². The highest BCUT2D eigenvalue weighted by atomic mass is 19.4. The first-order chi connectivity index (χ1) is 8.87. The highest BCUT2D eigenvalue weighted by molar-refractivity contribution is 5.68. The number of anilines is 1. The number of alkyl halides is 3. The zero-order chi connectivity index (χ0) is 14.3. The lowest BCUT2D eigenvalue weighted by molar-refractivity contribution is -0.175. The zero-order valence-corrected chi connectivity index (χ0v) is 9.89. The van der Waals surface area contributed by atoms with E-state index in [1.54, 1.807) is 0 Å². The van der Waals surface area contributed by atoms with Crippen molar-refractivity contribution in [2.45, 2.75) is 19.1 Å². The number of carbonyl (C=O) groups is 1. The number of nitrogens with zero attached hydrogens (tertiary/aromatic N) is 3. The highest BCUT2D eigenvalue weighted by Crippen LogP contribution is 2.14. The fraction of sp³-hybridized carbons (Fsp3) is 0.667. The van der Waals surface area contributed by atoms with E-state index in [2.05, 4.69) is 14.8 Å². The third-order valence-corrected chi connectivity index (χ3v) is 1.81. The molecular weight excluding hydrogens is 269 g/mol. The van der Waals surface area contributed by atoms with E-state index >= 15 is 0 Å². The minimum absolute atomic E-state index is 0.0269. The van der Waals surface area contributed by atoms with E-state index in [4.69, 9.17) is 10.5 Å². The van der Waals surface area contributed by atoms with Crippen LogP contribution in [-0.4, -0.2) is 46.7 Å². The maximum absolute atomic E-state index is 11.7. The molecule has 0 amide bonds. The van der Waals surface area contributed by atoms with Crippen molar-refractivity contribution in [2.75, 3.05) is 25.6 Å². The average molecular weight is 282 g/mol. The molecule has 0 saturated heterocycles. The van der Waals surface area contributed by atoms with Gasteiger partial charge in [-0.2, -0.15) is 13.2 Å². The smallest absolute Gasteiger partial charge is 0.411 e. The Morgan fingerprint density at radius 3 is 2.74 bits per heavy atom. The predicted octanol–water partition coefficient (Wildman–Crippen LogP) is 0.372. The van der Waals surface area contributed by atoms with Crippen molar-refractivity contribution in [3.05, 3.63) is 6.33 Å². The number of ether oxygens (including phenoxy) is 2. The van der Waals surface area contributed by atoms with Crippen LogP contribution in [-0.2, 0) is 20.8 Å². The van der Waals surface area contributed by atoms with Gasteiger partial charge in [-0.05, 0) is 0 Å². The molecule has 1 aromatic heterocycles. The zero-order valence-electron chi connectivity index (χ0n) is 9.89. The van der Waals surface area contributed by atoms with Gasteiger partial charge in [0.05, 0.1) is 13.2 Å². The third-order valence-electron chi connectivity index (χ3n) is 1.81. The van der Waals surface area contributed by atoms with E-state index in [1.165, 1.54) is 11.0 Å². The number of rotatable bonds is 7. The first kappa shape index (κ1) is 15.2. The van der Waals surface area contributed by atoms with E-state index in [0.717, 1.165) is 0 Å². The fourth-order valence-corrected chi connectivity index (χ4v) is 1.10. The fourth-order valence-electron chi connectivity index (χ4n) is 1.10. The van der Waals surface area contributed by atoms with Gasteiger partial charge in [0.25, 0.3) is 0 Å². The largest absolute Gasteiger partial charge is 0.464 e. The molecule has 7 nitrogen and oxygen atoms in total. The molecule has 19 heavy (non-hydrogen) atoms. The maximum Gasteiger partial charge on any atom is 0.411 e. The van der Waals surface area contributed by atoms with Gasteiger partial charge in [0.1, 0.15) is 19.5 Å². The highest BCUT2D eigenvalue weighted by Gasteiger charge is 2.27. The number of aromatic nitrogens is 3. The molecule has 10 heteroatoms. The number of esters is 1. The van der Waals surface area contributed by atoms with Gasteiger partial charge in [0, 0.05) is 6.42 Å². The Labute approximate surface area is 106 Å². The van der Waals surface area contributed by atoms with Gasteiger partial charge in [-0.15, -0.1) is 5.10 Å². The summed E-state index contributed by atoms with van der Waals surface area (Å²) in [5.74, 6) is -0.547. The van der Waals surface area contributed by atoms with E-state index in [1.807, 2.05) is 0 Å². The van der Waals surface area contributed by atoms with Crippen molar-refractivity contribution in [1.82, 2.24) is 14.8 Å². The number of halogens is 3. The van der Waals surface area contributed by atoms with Gasteiger partial charge < -0.3 is 15.2 Å². The van der Waals surface area contributed by atoms with Crippen LogP contribution in [0.5, 0.6) is 0 Å². The van der Waals surface area contributed by atoms with Crippen molar-refractivity contribution < 1.29 is 27.4 Å². The molecular formula is C9H13F3N4O3. The number of carbonyl (C=O) groups excluding carboxylic acids is 1. The van der Waals surface area contributed by atoms with Crippen molar-refractivity contribution in [2.24, 2.45) is 0 Å². The van der Waals surface area contributed by atoms with Gasteiger partial charge in [0.2, 0.25) is 5.95 Å². The summed E-state index contributed by atoms with van der Waals surface area (Å²) in [6.45, 7) is -1.63. The SMILES string of the molecule is Nc1ncn(CC(=O)OCCCOCC(F)(F)F)n1. The van der Waals surface area contributed by atoms with Crippen LogP contribution in [0.2, 0.25) is 0 Å². The molecule has 0 unspecified atom stereocenters. The first-order valence-corrected chi connectivity index (χ1v) is 5.32. The average Bonchev–Trinajstić information content (AvgIpc) is 2.67. The van der Waals surface area contributed by atoms with Crippen LogP contribution in [0.1, 0.15) is 6.42 Å². The van der Waals surface area contributed by atoms with Gasteiger partial charge in [-0.1, -0.05) is 0 Å². The molecule has 0 aliphatic rings. The maximum atomic E-state index is 11.7. The Morgan fingerprint density at radius 1 is 1.42 bits per heavy atom. The molecule has 1 aromatic rings. The summed E-state index contributed by atoms with van der Waals surface area (Å²) in [7, 11) is 0. The summed E-state index contributed by atoms with van der Waals surface area (Å²) < 4.78 is 45.4. The molecule has 0 bridgehead atoms. The lowest BCUT2D eigenvalue weighted by atomic mass is 10.5. The van der Waals surface area contributed by atoms with E-state index in [9.17, 15) is 18.0 Å². The molecule has 0 saturated carbocycles. The van der Waals surface area contributed by atoms with E-state index in [-0.39, 0.29) is 32.1 Å². The molecule has 0 aliphatic carbocycles. The summed E-state index contributed by atoms with van der Waals surface area (Å²) in [5.41, 5.74) is 5.24. The van der Waals surface area contributed by atoms with E-state index in [0.29, 0.717) is 0 Å². The van der Waals surface area contributed by atoms with Crippen LogP contribution in [0.4, 0.5) is 19.1 Å². The number of hydrogen-bond acceptors (Lipinski definition) is 6. The normalized spacial score (nSPS) is 11.5. The Balaban J connectivity index is 2.05. The second kappa shape index (κ2) is 6.92. The van der Waals surface area contributed by atoms with E-state index < -0.39 is 18.8 Å². The van der Waals surface area contributed by atoms with Gasteiger partial charge in [-0.3, -0.25) is 4.79 Å². The summed E-state index contributed by atoms with van der Waals surface area (Å²) in [6.07, 6.45) is -2.89. The molecule has 0 radical (unpaired) electrons. The number of hydrogen-bond donors (Lipinski definition) is 1. The monoisotopic (exact) mass is 282 g/mol. The molecule has 1 heterocycles. The Morgan fingerprint density at radius 2 is 2.16 bits per heavy atom. The predicted molar refractivity (Wildman–Crippen MR) is 56.9 cm³/mol. The molecule has 0 aromatic carbocycles. The van der Waals surface area contributed by atoms with Crippen molar-refractivity contribution >= 4 is 11.9 Å². The second-order valence-corrected chi connectivity index (χ2v) is 3.54. The molecule has 1 rings (SSSR count). The van der Waals surface area contributed by atoms with Crippen LogP contribution in [0.15, 0.2) is 6.33 Å². The lowest BCUT2D eigenvalue weighted by Crippen LogP contribution is -2.19. The Bertz CT molecular complexity index is 408. The van der Waals surface area contributed by atoms with Crippen molar-refractivity contribution in [3.63, 3.8) is 0 Å². The van der Waals surface area contributed by atoms with Crippen LogP contribution in [0, 0.1) is 0 Å². The number of nitrogen functional groups attached to an aromatic ring is 1. The Hall–Kier alpha value is -1.84.